The van der Waals surface area contributed by atoms with Crippen molar-refractivity contribution in [2.75, 3.05) is 0 Å². The summed E-state index contributed by atoms with van der Waals surface area (Å²) in [5.74, 6) is 1.05. The maximum atomic E-state index is 10.2. The van der Waals surface area contributed by atoms with E-state index in [0.717, 1.165) is 34.4 Å². The number of aromatic nitrogens is 2. The predicted molar refractivity (Wildman–Crippen MR) is 109 cm³/mol. The lowest BCUT2D eigenvalue weighted by molar-refractivity contribution is -0.0893. The molecule has 0 saturated heterocycles. The van der Waals surface area contributed by atoms with Crippen molar-refractivity contribution in [3.05, 3.63) is 54.4 Å². The average molecular weight is 350 g/mol. The molecule has 1 N–H and O–H groups in total. The summed E-state index contributed by atoms with van der Waals surface area (Å²) in [6.45, 7) is 9.48. The number of aryl methyl sites for hydroxylation is 1. The van der Waals surface area contributed by atoms with Crippen LogP contribution in [0.1, 0.15) is 40.4 Å². The minimum Gasteiger partial charge on any atom is -0.427 e. The molecular weight excluding hydrogens is 323 g/mol. The highest BCUT2D eigenvalue weighted by molar-refractivity contribution is 6.47. The van der Waals surface area contributed by atoms with Gasteiger partial charge in [0.15, 0.2) is 0 Å². The molecule has 0 aliphatic rings. The molecule has 136 valence electrons. The number of benzene rings is 2. The third-order valence-corrected chi connectivity index (χ3v) is 5.21. The van der Waals surface area contributed by atoms with E-state index in [4.69, 9.17) is 9.64 Å². The van der Waals surface area contributed by atoms with Crippen molar-refractivity contribution < 1.29 is 9.76 Å². The number of para-hydroxylation sites is 2. The van der Waals surface area contributed by atoms with E-state index in [1.807, 2.05) is 32.0 Å². The number of aliphatic hydroxyl groups is 1. The van der Waals surface area contributed by atoms with E-state index in [9.17, 15) is 5.11 Å². The van der Waals surface area contributed by atoms with Gasteiger partial charge < -0.3 is 9.76 Å². The lowest BCUT2D eigenvalue weighted by Crippen LogP contribution is -2.49. The minimum atomic E-state index is -0.904. The van der Waals surface area contributed by atoms with Crippen molar-refractivity contribution in [3.63, 3.8) is 0 Å². The van der Waals surface area contributed by atoms with Crippen LogP contribution in [0.15, 0.2) is 48.5 Å². The summed E-state index contributed by atoms with van der Waals surface area (Å²) in [5, 5.41) is 10.2. The van der Waals surface area contributed by atoms with Gasteiger partial charge in [-0.2, -0.15) is 0 Å². The van der Waals surface area contributed by atoms with E-state index in [1.165, 1.54) is 0 Å². The number of hydrogen-bond acceptors (Lipinski definition) is 3. The molecule has 0 amide bonds. The van der Waals surface area contributed by atoms with Gasteiger partial charge in [0.2, 0.25) is 0 Å². The van der Waals surface area contributed by atoms with Crippen LogP contribution < -0.4 is 5.46 Å². The highest BCUT2D eigenvalue weighted by atomic mass is 16.5. The lowest BCUT2D eigenvalue weighted by atomic mass is 9.82. The predicted octanol–water partition coefficient (Wildman–Crippen LogP) is 3.13. The molecule has 0 saturated carbocycles. The molecule has 3 aromatic rings. The fourth-order valence-corrected chi connectivity index (χ4v) is 2.78. The number of rotatable bonds is 6. The Hall–Kier alpha value is -2.11. The standard InChI is InChI=1S/C21H27BN2O2/c1-6-19-23-17-9-7-8-10-18(17)24(19)16-13-11-15(12-14-16)22-26-21(4,5)20(2,3)25/h7-14,22,25H,6H2,1-5H3. The van der Waals surface area contributed by atoms with E-state index in [2.05, 4.69) is 41.8 Å². The van der Waals surface area contributed by atoms with Gasteiger partial charge in [-0.15, -0.1) is 0 Å². The Kier molecular flexibility index (Phi) is 4.95. The van der Waals surface area contributed by atoms with Crippen molar-refractivity contribution in [1.82, 2.24) is 9.55 Å². The molecule has 0 atom stereocenters. The number of imidazole rings is 1. The van der Waals surface area contributed by atoms with Crippen LogP contribution in [-0.2, 0) is 11.1 Å². The summed E-state index contributed by atoms with van der Waals surface area (Å²) in [7, 11) is 0.461. The second-order valence-corrected chi connectivity index (χ2v) is 7.73. The Morgan fingerprint density at radius 2 is 1.69 bits per heavy atom. The molecule has 0 unspecified atom stereocenters. The fraction of sp³-hybridized carbons (Fsp3) is 0.381. The molecular formula is C21H27BN2O2. The van der Waals surface area contributed by atoms with Crippen LogP contribution in [0.4, 0.5) is 0 Å². The second-order valence-electron chi connectivity index (χ2n) is 7.73. The topological polar surface area (TPSA) is 47.3 Å². The quantitative estimate of drug-likeness (QED) is 0.695. The zero-order chi connectivity index (χ0) is 18.9. The first kappa shape index (κ1) is 18.7. The summed E-state index contributed by atoms with van der Waals surface area (Å²) in [4.78, 5) is 4.74. The van der Waals surface area contributed by atoms with E-state index < -0.39 is 11.2 Å². The number of nitrogens with zero attached hydrogens (tertiary/aromatic N) is 2. The highest BCUT2D eigenvalue weighted by Crippen LogP contribution is 2.24. The van der Waals surface area contributed by atoms with Gasteiger partial charge in [0.25, 0.3) is 0 Å². The molecule has 3 rings (SSSR count). The maximum Gasteiger partial charge on any atom is 0.309 e. The maximum absolute atomic E-state index is 10.2. The highest BCUT2D eigenvalue weighted by Gasteiger charge is 2.35. The van der Waals surface area contributed by atoms with Gasteiger partial charge in [0.05, 0.1) is 22.2 Å². The Bertz CT molecular complexity index is 893. The van der Waals surface area contributed by atoms with Crippen LogP contribution in [0.3, 0.4) is 0 Å². The number of hydrogen-bond donors (Lipinski definition) is 1. The largest absolute Gasteiger partial charge is 0.427 e. The molecule has 4 nitrogen and oxygen atoms in total. The molecule has 0 aliphatic heterocycles. The first-order chi connectivity index (χ1) is 12.2. The van der Waals surface area contributed by atoms with Crippen LogP contribution in [0.2, 0.25) is 0 Å². The van der Waals surface area contributed by atoms with Crippen LogP contribution >= 0.6 is 0 Å². The Labute approximate surface area is 156 Å². The molecule has 26 heavy (non-hydrogen) atoms. The molecule has 0 radical (unpaired) electrons. The van der Waals surface area contributed by atoms with Crippen molar-refractivity contribution in [2.24, 2.45) is 0 Å². The molecule has 2 aromatic carbocycles. The normalized spacial score (nSPS) is 12.5. The zero-order valence-corrected chi connectivity index (χ0v) is 16.3. The smallest absolute Gasteiger partial charge is 0.309 e. The summed E-state index contributed by atoms with van der Waals surface area (Å²) < 4.78 is 8.17. The molecule has 0 spiro atoms. The van der Waals surface area contributed by atoms with Crippen LogP contribution in [0.5, 0.6) is 0 Å². The van der Waals surface area contributed by atoms with Crippen LogP contribution in [-0.4, -0.2) is 33.3 Å². The third kappa shape index (κ3) is 3.55. The van der Waals surface area contributed by atoms with E-state index in [0.29, 0.717) is 7.48 Å². The van der Waals surface area contributed by atoms with Gasteiger partial charge in [-0.1, -0.05) is 36.7 Å². The molecule has 1 heterocycles. The Morgan fingerprint density at radius 1 is 1.04 bits per heavy atom. The van der Waals surface area contributed by atoms with E-state index in [1.54, 1.807) is 13.8 Å². The second kappa shape index (κ2) is 6.90. The van der Waals surface area contributed by atoms with Gasteiger partial charge in [-0.3, -0.25) is 4.57 Å². The van der Waals surface area contributed by atoms with Crippen molar-refractivity contribution >= 4 is 24.0 Å². The van der Waals surface area contributed by atoms with Crippen molar-refractivity contribution in [3.8, 4) is 5.69 Å². The van der Waals surface area contributed by atoms with E-state index in [-0.39, 0.29) is 0 Å². The first-order valence-electron chi connectivity index (χ1n) is 9.15. The van der Waals surface area contributed by atoms with Crippen molar-refractivity contribution in [1.29, 1.82) is 0 Å². The van der Waals surface area contributed by atoms with Gasteiger partial charge in [-0.05, 0) is 52.0 Å². The lowest BCUT2D eigenvalue weighted by Gasteiger charge is -2.37. The molecule has 0 aliphatic carbocycles. The summed E-state index contributed by atoms with van der Waals surface area (Å²) in [6, 6.07) is 16.6. The van der Waals surface area contributed by atoms with Crippen LogP contribution in [0.25, 0.3) is 16.7 Å². The first-order valence-corrected chi connectivity index (χ1v) is 9.15. The van der Waals surface area contributed by atoms with Crippen LogP contribution in [0, 0.1) is 0 Å². The van der Waals surface area contributed by atoms with Gasteiger partial charge in [0.1, 0.15) is 5.82 Å². The van der Waals surface area contributed by atoms with Gasteiger partial charge in [0, 0.05) is 12.1 Å². The van der Waals surface area contributed by atoms with E-state index >= 15 is 0 Å². The summed E-state index contributed by atoms with van der Waals surface area (Å²) in [6.07, 6.45) is 0.874. The zero-order valence-electron chi connectivity index (χ0n) is 16.3. The Balaban J connectivity index is 1.85. The minimum absolute atomic E-state index is 0.461. The fourth-order valence-electron chi connectivity index (χ4n) is 2.78. The van der Waals surface area contributed by atoms with Gasteiger partial charge >= 0.3 is 7.48 Å². The third-order valence-electron chi connectivity index (χ3n) is 5.21. The van der Waals surface area contributed by atoms with Crippen molar-refractivity contribution in [2.45, 2.75) is 52.2 Å². The molecule has 1 aromatic heterocycles. The summed E-state index contributed by atoms with van der Waals surface area (Å²) >= 11 is 0. The monoisotopic (exact) mass is 350 g/mol. The molecule has 5 heteroatoms. The SMILES string of the molecule is CCc1nc2ccccc2n1-c1ccc(BOC(C)(C)C(C)(C)O)cc1. The molecule has 0 bridgehead atoms. The summed E-state index contributed by atoms with van der Waals surface area (Å²) in [5.41, 5.74) is 2.79. The number of fused-ring (bicyclic) bond motifs is 1. The van der Waals surface area contributed by atoms with Gasteiger partial charge in [-0.25, -0.2) is 4.98 Å². The Morgan fingerprint density at radius 3 is 2.31 bits per heavy atom. The average Bonchev–Trinajstić information content (AvgIpc) is 2.98. The molecule has 0 fully saturated rings.